The standard InChI is InChI=1S/C19H32N4O3/c1-14-13-16(21-23(14)19(2,3)4)18(25)22-10-6-7-15(8-11-22)17(24)20-9-12-26-5/h13,15H,6-12H2,1-5H3,(H,20,24). The van der Waals surface area contributed by atoms with Crippen molar-refractivity contribution in [2.24, 2.45) is 5.92 Å². The third-order valence-corrected chi connectivity index (χ3v) is 4.73. The van der Waals surface area contributed by atoms with E-state index in [1.807, 2.05) is 22.6 Å². The fourth-order valence-electron chi connectivity index (χ4n) is 3.40. The van der Waals surface area contributed by atoms with Crippen molar-refractivity contribution >= 4 is 11.8 Å². The summed E-state index contributed by atoms with van der Waals surface area (Å²) in [6, 6.07) is 1.85. The number of carbonyl (C=O) groups excluding carboxylic acids is 2. The van der Waals surface area contributed by atoms with Gasteiger partial charge in [-0.2, -0.15) is 5.10 Å². The quantitative estimate of drug-likeness (QED) is 0.810. The number of nitrogens with zero attached hydrogens (tertiary/aromatic N) is 3. The van der Waals surface area contributed by atoms with Crippen LogP contribution in [0.1, 0.15) is 56.2 Å². The third-order valence-electron chi connectivity index (χ3n) is 4.73. The van der Waals surface area contributed by atoms with Crippen LogP contribution in [-0.2, 0) is 15.1 Å². The maximum Gasteiger partial charge on any atom is 0.274 e. The second-order valence-electron chi connectivity index (χ2n) is 7.96. The number of ether oxygens (including phenoxy) is 1. The summed E-state index contributed by atoms with van der Waals surface area (Å²) in [5.41, 5.74) is 1.30. The predicted molar refractivity (Wildman–Crippen MR) is 100 cm³/mol. The summed E-state index contributed by atoms with van der Waals surface area (Å²) in [4.78, 5) is 26.9. The first-order valence-electron chi connectivity index (χ1n) is 9.37. The Morgan fingerprint density at radius 1 is 1.31 bits per heavy atom. The summed E-state index contributed by atoms with van der Waals surface area (Å²) in [6.45, 7) is 10.5. The average molecular weight is 364 g/mol. The highest BCUT2D eigenvalue weighted by Gasteiger charge is 2.27. The highest BCUT2D eigenvalue weighted by molar-refractivity contribution is 5.92. The summed E-state index contributed by atoms with van der Waals surface area (Å²) >= 11 is 0. The Bertz CT molecular complexity index is 633. The minimum atomic E-state index is -0.160. The molecule has 1 unspecified atom stereocenters. The molecular formula is C19H32N4O3. The van der Waals surface area contributed by atoms with Crippen molar-refractivity contribution in [3.63, 3.8) is 0 Å². The van der Waals surface area contributed by atoms with Gasteiger partial charge < -0.3 is 15.0 Å². The van der Waals surface area contributed by atoms with Gasteiger partial charge in [-0.15, -0.1) is 0 Å². The molecule has 1 atom stereocenters. The zero-order valence-electron chi connectivity index (χ0n) is 16.7. The van der Waals surface area contributed by atoms with Crippen molar-refractivity contribution < 1.29 is 14.3 Å². The number of hydrogen-bond acceptors (Lipinski definition) is 4. The number of aryl methyl sites for hydroxylation is 1. The van der Waals surface area contributed by atoms with Crippen LogP contribution >= 0.6 is 0 Å². The van der Waals surface area contributed by atoms with Gasteiger partial charge in [-0.1, -0.05) is 0 Å². The minimum absolute atomic E-state index is 0.0430. The number of amides is 2. The van der Waals surface area contributed by atoms with Crippen molar-refractivity contribution in [1.82, 2.24) is 20.0 Å². The summed E-state index contributed by atoms with van der Waals surface area (Å²) in [5, 5.41) is 7.42. The molecule has 0 spiro atoms. The van der Waals surface area contributed by atoms with Crippen molar-refractivity contribution in [2.75, 3.05) is 33.4 Å². The number of hydrogen-bond donors (Lipinski definition) is 1. The molecule has 0 radical (unpaired) electrons. The third kappa shape index (κ3) is 5.06. The molecule has 146 valence electrons. The molecule has 0 bridgehead atoms. The van der Waals surface area contributed by atoms with Crippen LogP contribution < -0.4 is 5.32 Å². The zero-order valence-corrected chi connectivity index (χ0v) is 16.7. The van der Waals surface area contributed by atoms with Gasteiger partial charge >= 0.3 is 0 Å². The highest BCUT2D eigenvalue weighted by Crippen LogP contribution is 2.21. The largest absolute Gasteiger partial charge is 0.383 e. The van der Waals surface area contributed by atoms with Crippen LogP contribution in [0, 0.1) is 12.8 Å². The monoisotopic (exact) mass is 364 g/mol. The van der Waals surface area contributed by atoms with E-state index in [2.05, 4.69) is 31.2 Å². The first kappa shape index (κ1) is 20.4. The molecule has 1 aromatic rings. The SMILES string of the molecule is COCCNC(=O)C1CCCN(C(=O)c2cc(C)n(C(C)(C)C)n2)CC1. The molecule has 1 aliphatic rings. The minimum Gasteiger partial charge on any atom is -0.383 e. The molecule has 1 aromatic heterocycles. The van der Waals surface area contributed by atoms with E-state index >= 15 is 0 Å². The number of aromatic nitrogens is 2. The lowest BCUT2D eigenvalue weighted by molar-refractivity contribution is -0.125. The Kier molecular flexibility index (Phi) is 6.81. The molecule has 1 N–H and O–H groups in total. The molecule has 1 aliphatic heterocycles. The maximum absolute atomic E-state index is 12.9. The fraction of sp³-hybridized carbons (Fsp3) is 0.737. The Hall–Kier alpha value is -1.89. The Labute approximate surface area is 156 Å². The fourth-order valence-corrected chi connectivity index (χ4v) is 3.40. The van der Waals surface area contributed by atoms with Gasteiger partial charge in [0.15, 0.2) is 5.69 Å². The highest BCUT2D eigenvalue weighted by atomic mass is 16.5. The van der Waals surface area contributed by atoms with Crippen molar-refractivity contribution in [3.05, 3.63) is 17.5 Å². The number of rotatable bonds is 5. The molecule has 2 heterocycles. The van der Waals surface area contributed by atoms with Crippen molar-refractivity contribution in [1.29, 1.82) is 0 Å². The van der Waals surface area contributed by atoms with Crippen molar-refractivity contribution in [2.45, 2.75) is 52.5 Å². The van der Waals surface area contributed by atoms with E-state index < -0.39 is 0 Å². The molecule has 0 saturated carbocycles. The Balaban J connectivity index is 1.98. The number of carbonyl (C=O) groups is 2. The summed E-state index contributed by atoms with van der Waals surface area (Å²) in [7, 11) is 1.62. The van der Waals surface area contributed by atoms with Crippen LogP contribution in [-0.4, -0.2) is 59.8 Å². The number of likely N-dealkylation sites (tertiary alicyclic amines) is 1. The first-order chi connectivity index (χ1) is 12.2. The van der Waals surface area contributed by atoms with Crippen LogP contribution in [0.5, 0.6) is 0 Å². The average Bonchev–Trinajstić information content (AvgIpc) is 2.81. The van der Waals surface area contributed by atoms with E-state index in [-0.39, 0.29) is 23.3 Å². The van der Waals surface area contributed by atoms with Crippen LogP contribution in [0.4, 0.5) is 0 Å². The normalized spacial score (nSPS) is 18.5. The van der Waals surface area contributed by atoms with Gasteiger partial charge in [0.25, 0.3) is 5.91 Å². The van der Waals surface area contributed by atoms with Gasteiger partial charge in [0.2, 0.25) is 5.91 Å². The van der Waals surface area contributed by atoms with Crippen LogP contribution in [0.25, 0.3) is 0 Å². The lowest BCUT2D eigenvalue weighted by Gasteiger charge is -2.22. The van der Waals surface area contributed by atoms with Crippen LogP contribution in [0.2, 0.25) is 0 Å². The van der Waals surface area contributed by atoms with Gasteiger partial charge in [0, 0.05) is 38.4 Å². The van der Waals surface area contributed by atoms with Crippen molar-refractivity contribution in [3.8, 4) is 0 Å². The molecule has 2 rings (SSSR count). The molecule has 2 amide bonds. The smallest absolute Gasteiger partial charge is 0.274 e. The lowest BCUT2D eigenvalue weighted by atomic mass is 10.00. The van der Waals surface area contributed by atoms with E-state index in [1.165, 1.54) is 0 Å². The van der Waals surface area contributed by atoms with Gasteiger partial charge in [0.05, 0.1) is 12.1 Å². The van der Waals surface area contributed by atoms with Gasteiger partial charge in [0.1, 0.15) is 0 Å². The van der Waals surface area contributed by atoms with E-state index in [1.54, 1.807) is 7.11 Å². The molecule has 26 heavy (non-hydrogen) atoms. The predicted octanol–water partition coefficient (Wildman–Crippen LogP) is 1.95. The summed E-state index contributed by atoms with van der Waals surface area (Å²) < 4.78 is 6.85. The van der Waals surface area contributed by atoms with Gasteiger partial charge in [-0.05, 0) is 53.0 Å². The molecular weight excluding hydrogens is 332 g/mol. The molecule has 0 aromatic carbocycles. The molecule has 1 saturated heterocycles. The topological polar surface area (TPSA) is 76.5 Å². The van der Waals surface area contributed by atoms with Crippen LogP contribution in [0.3, 0.4) is 0 Å². The van der Waals surface area contributed by atoms with Gasteiger partial charge in [-0.3, -0.25) is 14.3 Å². The number of methoxy groups -OCH3 is 1. The van der Waals surface area contributed by atoms with E-state index in [0.717, 1.165) is 18.5 Å². The molecule has 7 nitrogen and oxygen atoms in total. The molecule has 0 aliphatic carbocycles. The second-order valence-corrected chi connectivity index (χ2v) is 7.96. The molecule has 7 heteroatoms. The maximum atomic E-state index is 12.9. The van der Waals surface area contributed by atoms with E-state index in [9.17, 15) is 9.59 Å². The first-order valence-corrected chi connectivity index (χ1v) is 9.37. The Morgan fingerprint density at radius 2 is 2.04 bits per heavy atom. The lowest BCUT2D eigenvalue weighted by Crippen LogP contribution is -2.35. The summed E-state index contributed by atoms with van der Waals surface area (Å²) in [5.74, 6) is -0.0285. The van der Waals surface area contributed by atoms with Gasteiger partial charge in [-0.25, -0.2) is 0 Å². The molecule has 1 fully saturated rings. The summed E-state index contributed by atoms with van der Waals surface area (Å²) in [6.07, 6.45) is 2.31. The van der Waals surface area contributed by atoms with E-state index in [0.29, 0.717) is 38.4 Å². The zero-order chi connectivity index (χ0) is 19.3. The van der Waals surface area contributed by atoms with Crippen LogP contribution in [0.15, 0.2) is 6.07 Å². The second kappa shape index (κ2) is 8.66. The van der Waals surface area contributed by atoms with E-state index in [4.69, 9.17) is 4.74 Å². The number of nitrogens with one attached hydrogen (secondary N) is 1. The Morgan fingerprint density at radius 3 is 2.65 bits per heavy atom.